The van der Waals surface area contributed by atoms with Crippen LogP contribution in [0.1, 0.15) is 48.7 Å². The summed E-state index contributed by atoms with van der Waals surface area (Å²) in [6.45, 7) is 1.49. The second-order valence-electron chi connectivity index (χ2n) is 7.18. The molecular weight excluding hydrogens is 374 g/mol. The molecule has 5 nitrogen and oxygen atoms in total. The molecule has 0 saturated heterocycles. The zero-order valence-corrected chi connectivity index (χ0v) is 16.1. The molecule has 1 saturated carbocycles. The highest BCUT2D eigenvalue weighted by atomic mass is 35.5. The number of nitrogens with zero attached hydrogens (tertiary/aromatic N) is 3. The van der Waals surface area contributed by atoms with Gasteiger partial charge in [0.15, 0.2) is 0 Å². The summed E-state index contributed by atoms with van der Waals surface area (Å²) in [6, 6.07) is 17.3. The van der Waals surface area contributed by atoms with Crippen LogP contribution in [-0.2, 0) is 9.53 Å². The molecule has 1 amide bonds. The van der Waals surface area contributed by atoms with Crippen LogP contribution in [0.5, 0.6) is 0 Å². The zero-order valence-electron chi connectivity index (χ0n) is 15.3. The van der Waals surface area contributed by atoms with E-state index >= 15 is 0 Å². The maximum absolute atomic E-state index is 12.2. The van der Waals surface area contributed by atoms with Crippen molar-refractivity contribution in [3.8, 4) is 0 Å². The smallest absolute Gasteiger partial charge is 0.243 e. The number of hydrogen-bond donors (Lipinski definition) is 0. The molecule has 0 spiro atoms. The van der Waals surface area contributed by atoms with Crippen molar-refractivity contribution in [1.82, 2.24) is 9.99 Å². The van der Waals surface area contributed by atoms with Crippen molar-refractivity contribution >= 4 is 34.3 Å². The van der Waals surface area contributed by atoms with E-state index in [0.717, 1.165) is 40.6 Å². The molecule has 1 aliphatic heterocycles. The van der Waals surface area contributed by atoms with Crippen molar-refractivity contribution in [3.63, 3.8) is 0 Å². The number of fused-ring (bicyclic) bond motifs is 1. The molecule has 2 aromatic carbocycles. The van der Waals surface area contributed by atoms with E-state index in [2.05, 4.69) is 11.2 Å². The summed E-state index contributed by atoms with van der Waals surface area (Å²) < 4.78 is 6.19. The molecule has 2 heterocycles. The first-order valence-corrected chi connectivity index (χ1v) is 9.68. The number of rotatable bonds is 3. The molecule has 3 aromatic rings. The molecule has 0 radical (unpaired) electrons. The second kappa shape index (κ2) is 6.60. The molecule has 5 rings (SSSR count). The minimum Gasteiger partial charge on any atom is -0.446 e. The van der Waals surface area contributed by atoms with Crippen LogP contribution in [0.25, 0.3) is 10.9 Å². The number of aromatic nitrogens is 1. The van der Waals surface area contributed by atoms with Crippen LogP contribution < -0.4 is 0 Å². The Hall–Kier alpha value is -2.92. The summed E-state index contributed by atoms with van der Waals surface area (Å²) in [5.74, 6) is 0.757. The Morgan fingerprint density at radius 3 is 2.61 bits per heavy atom. The van der Waals surface area contributed by atoms with E-state index in [1.165, 1.54) is 11.9 Å². The Kier molecular flexibility index (Phi) is 4.05. The van der Waals surface area contributed by atoms with Gasteiger partial charge in [-0.05, 0) is 37.1 Å². The molecule has 1 aromatic heterocycles. The van der Waals surface area contributed by atoms with Crippen molar-refractivity contribution in [2.75, 3.05) is 0 Å². The number of carbonyl (C=O) groups is 1. The van der Waals surface area contributed by atoms with Crippen LogP contribution in [0.3, 0.4) is 0 Å². The second-order valence-corrected chi connectivity index (χ2v) is 7.61. The van der Waals surface area contributed by atoms with Gasteiger partial charge in [0, 0.05) is 40.1 Å². The Labute approximate surface area is 167 Å². The number of hydrogen-bond acceptors (Lipinski definition) is 4. The average Bonchev–Trinajstić information content (AvgIpc) is 3.46. The largest absolute Gasteiger partial charge is 0.446 e. The van der Waals surface area contributed by atoms with Gasteiger partial charge in [0.1, 0.15) is 0 Å². The zero-order chi connectivity index (χ0) is 19.3. The molecule has 1 atom stereocenters. The van der Waals surface area contributed by atoms with Gasteiger partial charge < -0.3 is 4.74 Å². The number of amides is 1. The fraction of sp³-hybridized carbons (Fsp3) is 0.227. The fourth-order valence-electron chi connectivity index (χ4n) is 3.48. The van der Waals surface area contributed by atoms with Gasteiger partial charge in [-0.15, -0.1) is 5.10 Å². The maximum atomic E-state index is 12.2. The van der Waals surface area contributed by atoms with Crippen LogP contribution in [-0.4, -0.2) is 21.8 Å². The maximum Gasteiger partial charge on any atom is 0.243 e. The third-order valence-electron chi connectivity index (χ3n) is 5.08. The lowest BCUT2D eigenvalue weighted by Crippen LogP contribution is -2.25. The first-order chi connectivity index (χ1) is 13.6. The standard InChI is InChI=1S/C22H18ClN3O2/c1-13(27)26-22(15-8-10-16(23)11-9-15)28-21(25-26)18-12-20(14-6-7-14)24-19-5-3-2-4-17(18)19/h2-5,8-12,14,22H,6-7H2,1H3/t22-/m0/s1. The Morgan fingerprint density at radius 2 is 1.89 bits per heavy atom. The minimum absolute atomic E-state index is 0.185. The van der Waals surface area contributed by atoms with Gasteiger partial charge in [-0.2, -0.15) is 5.01 Å². The number of ether oxygens (including phenoxy) is 1. The summed E-state index contributed by atoms with van der Waals surface area (Å²) in [7, 11) is 0. The number of para-hydroxylation sites is 1. The van der Waals surface area contributed by atoms with Gasteiger partial charge in [-0.3, -0.25) is 9.78 Å². The van der Waals surface area contributed by atoms with Crippen LogP contribution in [0, 0.1) is 0 Å². The lowest BCUT2D eigenvalue weighted by atomic mass is 10.1. The normalized spacial score (nSPS) is 18.9. The first kappa shape index (κ1) is 17.2. The third-order valence-corrected chi connectivity index (χ3v) is 5.34. The number of benzene rings is 2. The van der Waals surface area contributed by atoms with E-state index in [4.69, 9.17) is 21.3 Å². The molecule has 0 N–H and O–H groups in total. The van der Waals surface area contributed by atoms with Gasteiger partial charge in [0.25, 0.3) is 0 Å². The summed E-state index contributed by atoms with van der Waals surface area (Å²) in [5, 5.41) is 7.50. The van der Waals surface area contributed by atoms with E-state index in [0.29, 0.717) is 16.8 Å². The summed E-state index contributed by atoms with van der Waals surface area (Å²) in [6.07, 6.45) is 1.71. The SMILES string of the molecule is CC(=O)N1N=C(c2cc(C3CC3)nc3ccccc23)O[C@H]1c1ccc(Cl)cc1. The monoisotopic (exact) mass is 391 g/mol. The van der Waals surface area contributed by atoms with Gasteiger partial charge in [-0.25, -0.2) is 0 Å². The third kappa shape index (κ3) is 3.02. The van der Waals surface area contributed by atoms with Crippen LogP contribution in [0.4, 0.5) is 0 Å². The summed E-state index contributed by atoms with van der Waals surface area (Å²) >= 11 is 6.00. The van der Waals surface area contributed by atoms with Crippen molar-refractivity contribution in [2.24, 2.45) is 5.10 Å². The fourth-order valence-corrected chi connectivity index (χ4v) is 3.61. The molecule has 1 fully saturated rings. The predicted octanol–water partition coefficient (Wildman–Crippen LogP) is 5.00. The molecule has 2 aliphatic rings. The van der Waals surface area contributed by atoms with Crippen molar-refractivity contribution in [1.29, 1.82) is 0 Å². The van der Waals surface area contributed by atoms with E-state index in [1.807, 2.05) is 36.4 Å². The summed E-state index contributed by atoms with van der Waals surface area (Å²) in [5.41, 5.74) is 3.66. The lowest BCUT2D eigenvalue weighted by molar-refractivity contribution is -0.135. The Morgan fingerprint density at radius 1 is 1.14 bits per heavy atom. The van der Waals surface area contributed by atoms with Gasteiger partial charge in [0.05, 0.1) is 5.52 Å². The molecule has 0 bridgehead atoms. The van der Waals surface area contributed by atoms with Crippen molar-refractivity contribution < 1.29 is 9.53 Å². The van der Waals surface area contributed by atoms with E-state index < -0.39 is 6.23 Å². The summed E-state index contributed by atoms with van der Waals surface area (Å²) in [4.78, 5) is 17.0. The van der Waals surface area contributed by atoms with Gasteiger partial charge in [-0.1, -0.05) is 41.9 Å². The van der Waals surface area contributed by atoms with Crippen molar-refractivity contribution in [2.45, 2.75) is 31.9 Å². The van der Waals surface area contributed by atoms with Crippen LogP contribution in [0.2, 0.25) is 5.02 Å². The van der Waals surface area contributed by atoms with E-state index in [1.54, 1.807) is 12.1 Å². The highest BCUT2D eigenvalue weighted by Gasteiger charge is 2.34. The van der Waals surface area contributed by atoms with Gasteiger partial charge >= 0.3 is 0 Å². The van der Waals surface area contributed by atoms with E-state index in [9.17, 15) is 4.79 Å². The van der Waals surface area contributed by atoms with E-state index in [-0.39, 0.29) is 5.91 Å². The lowest BCUT2D eigenvalue weighted by Gasteiger charge is -2.19. The number of carbonyl (C=O) groups excluding carboxylic acids is 1. The highest BCUT2D eigenvalue weighted by Crippen LogP contribution is 2.41. The molecule has 6 heteroatoms. The Balaban J connectivity index is 1.60. The predicted molar refractivity (Wildman–Crippen MR) is 108 cm³/mol. The molecule has 0 unspecified atom stereocenters. The highest BCUT2D eigenvalue weighted by molar-refractivity contribution is 6.30. The molecular formula is C22H18ClN3O2. The topological polar surface area (TPSA) is 54.8 Å². The van der Waals surface area contributed by atoms with Crippen LogP contribution in [0.15, 0.2) is 59.7 Å². The number of hydrazone groups is 1. The molecule has 140 valence electrons. The molecule has 1 aliphatic carbocycles. The Bertz CT molecular complexity index is 1110. The van der Waals surface area contributed by atoms with Crippen LogP contribution >= 0.6 is 11.6 Å². The average molecular weight is 392 g/mol. The number of pyridine rings is 1. The van der Waals surface area contributed by atoms with Gasteiger partial charge in [0.2, 0.25) is 18.0 Å². The quantitative estimate of drug-likeness (QED) is 0.631. The first-order valence-electron chi connectivity index (χ1n) is 9.31. The molecule has 28 heavy (non-hydrogen) atoms. The van der Waals surface area contributed by atoms with Crippen molar-refractivity contribution in [3.05, 3.63) is 76.4 Å². The minimum atomic E-state index is -0.610. The number of halogens is 1.